The summed E-state index contributed by atoms with van der Waals surface area (Å²) in [4.78, 5) is 24.6. The summed E-state index contributed by atoms with van der Waals surface area (Å²) in [6, 6.07) is 13.6. The monoisotopic (exact) mass is 393 g/mol. The average molecular weight is 394 g/mol. The molecular formula is C19H24ClN3O4. The molecule has 4 N–H and O–H groups in total. The second-order valence-electron chi connectivity index (χ2n) is 5.41. The van der Waals surface area contributed by atoms with Crippen LogP contribution in [0.4, 0.5) is 5.69 Å². The van der Waals surface area contributed by atoms with E-state index in [1.807, 2.05) is 0 Å². The number of hydrogen-bond acceptors (Lipinski definition) is 5. The molecule has 0 fully saturated rings. The molecule has 2 rings (SSSR count). The number of para-hydroxylation sites is 1. The van der Waals surface area contributed by atoms with Crippen LogP contribution in [0.2, 0.25) is 0 Å². The van der Waals surface area contributed by atoms with Gasteiger partial charge in [-0.1, -0.05) is 12.1 Å². The van der Waals surface area contributed by atoms with Crippen LogP contribution in [0, 0.1) is 0 Å². The summed E-state index contributed by atoms with van der Waals surface area (Å²) in [7, 11) is 1.60. The highest BCUT2D eigenvalue weighted by Crippen LogP contribution is 2.18. The van der Waals surface area contributed by atoms with Crippen molar-refractivity contribution in [3.63, 3.8) is 0 Å². The van der Waals surface area contributed by atoms with E-state index in [-0.39, 0.29) is 24.2 Å². The van der Waals surface area contributed by atoms with Crippen molar-refractivity contribution in [3.05, 3.63) is 59.7 Å². The molecular weight excluding hydrogens is 370 g/mol. The molecule has 8 heteroatoms. The number of nitrogens with one attached hydrogen (secondary N) is 2. The summed E-state index contributed by atoms with van der Waals surface area (Å²) in [6.07, 6.45) is 0. The summed E-state index contributed by atoms with van der Waals surface area (Å²) in [6.45, 7) is 1.64. The molecule has 0 saturated carbocycles. The van der Waals surface area contributed by atoms with E-state index in [1.165, 1.54) is 0 Å². The Labute approximate surface area is 164 Å². The third-order valence-corrected chi connectivity index (χ3v) is 3.52. The SMILES string of the molecule is COCCOc1ccc(C(=O)Nc2ccccc2C(=O)NCCN)cc1.Cl. The Hall–Kier alpha value is -2.61. The lowest BCUT2D eigenvalue weighted by molar-refractivity contribution is 0.0955. The second-order valence-corrected chi connectivity index (χ2v) is 5.41. The summed E-state index contributed by atoms with van der Waals surface area (Å²) in [5, 5.41) is 5.46. The zero-order valence-corrected chi connectivity index (χ0v) is 15.9. The molecule has 0 aliphatic rings. The zero-order valence-electron chi connectivity index (χ0n) is 15.1. The highest BCUT2D eigenvalue weighted by molar-refractivity contribution is 6.09. The highest BCUT2D eigenvalue weighted by Gasteiger charge is 2.13. The van der Waals surface area contributed by atoms with Crippen LogP contribution in [0.3, 0.4) is 0 Å². The van der Waals surface area contributed by atoms with Gasteiger partial charge in [0.05, 0.1) is 17.9 Å². The number of halogens is 1. The molecule has 0 saturated heterocycles. The van der Waals surface area contributed by atoms with Crippen molar-refractivity contribution in [2.75, 3.05) is 38.7 Å². The number of methoxy groups -OCH3 is 1. The minimum atomic E-state index is -0.312. The molecule has 27 heavy (non-hydrogen) atoms. The number of rotatable bonds is 9. The van der Waals surface area contributed by atoms with E-state index in [9.17, 15) is 9.59 Å². The topological polar surface area (TPSA) is 103 Å². The Kier molecular flexibility index (Phi) is 9.89. The van der Waals surface area contributed by atoms with Crippen LogP contribution in [0.25, 0.3) is 0 Å². The van der Waals surface area contributed by atoms with Gasteiger partial charge in [0.25, 0.3) is 11.8 Å². The van der Waals surface area contributed by atoms with E-state index >= 15 is 0 Å². The van der Waals surface area contributed by atoms with E-state index in [0.29, 0.717) is 48.9 Å². The third-order valence-electron chi connectivity index (χ3n) is 3.52. The molecule has 0 heterocycles. The van der Waals surface area contributed by atoms with Crippen molar-refractivity contribution in [1.29, 1.82) is 0 Å². The Morgan fingerprint density at radius 3 is 2.37 bits per heavy atom. The number of hydrogen-bond donors (Lipinski definition) is 3. The lowest BCUT2D eigenvalue weighted by atomic mass is 10.1. The van der Waals surface area contributed by atoms with Crippen LogP contribution in [-0.4, -0.2) is 45.2 Å². The van der Waals surface area contributed by atoms with Crippen molar-refractivity contribution in [2.24, 2.45) is 5.73 Å². The van der Waals surface area contributed by atoms with E-state index in [4.69, 9.17) is 15.2 Å². The van der Waals surface area contributed by atoms with Crippen LogP contribution in [0.1, 0.15) is 20.7 Å². The molecule has 2 amide bonds. The summed E-state index contributed by atoms with van der Waals surface area (Å²) < 4.78 is 10.4. The van der Waals surface area contributed by atoms with Crippen LogP contribution >= 0.6 is 12.4 Å². The molecule has 7 nitrogen and oxygen atoms in total. The quantitative estimate of drug-likeness (QED) is 0.566. The average Bonchev–Trinajstić information content (AvgIpc) is 2.67. The van der Waals surface area contributed by atoms with E-state index in [0.717, 1.165) is 0 Å². The normalized spacial score (nSPS) is 9.85. The predicted molar refractivity (Wildman–Crippen MR) is 107 cm³/mol. The Morgan fingerprint density at radius 2 is 1.70 bits per heavy atom. The van der Waals surface area contributed by atoms with Crippen LogP contribution in [-0.2, 0) is 4.74 Å². The highest BCUT2D eigenvalue weighted by atomic mass is 35.5. The van der Waals surface area contributed by atoms with Crippen molar-refractivity contribution in [2.45, 2.75) is 0 Å². The number of benzene rings is 2. The van der Waals surface area contributed by atoms with Gasteiger partial charge in [-0.3, -0.25) is 9.59 Å². The molecule has 0 unspecified atom stereocenters. The fourth-order valence-electron chi connectivity index (χ4n) is 2.21. The first-order valence-corrected chi connectivity index (χ1v) is 8.26. The summed E-state index contributed by atoms with van der Waals surface area (Å²) in [5.74, 6) is 0.0564. The standard InChI is InChI=1S/C19H23N3O4.ClH/c1-25-12-13-26-15-8-6-14(7-9-15)18(23)22-17-5-3-2-4-16(17)19(24)21-11-10-20;/h2-9H,10-13,20H2,1H3,(H,21,24)(H,22,23);1H. The van der Waals surface area contributed by atoms with Gasteiger partial charge in [-0.05, 0) is 36.4 Å². The molecule has 0 bridgehead atoms. The molecule has 2 aromatic rings. The van der Waals surface area contributed by atoms with Gasteiger partial charge in [-0.2, -0.15) is 0 Å². The van der Waals surface area contributed by atoms with E-state index < -0.39 is 0 Å². The number of carbonyl (C=O) groups excluding carboxylic acids is 2. The fraction of sp³-hybridized carbons (Fsp3) is 0.263. The molecule has 0 aromatic heterocycles. The summed E-state index contributed by atoms with van der Waals surface area (Å²) in [5.41, 5.74) is 6.68. The molecule has 0 aliphatic heterocycles. The van der Waals surface area contributed by atoms with Crippen LogP contribution < -0.4 is 21.1 Å². The third kappa shape index (κ3) is 6.90. The minimum absolute atomic E-state index is 0. The number of carbonyl (C=O) groups is 2. The van der Waals surface area contributed by atoms with Crippen LogP contribution in [0.5, 0.6) is 5.75 Å². The van der Waals surface area contributed by atoms with Gasteiger partial charge in [0.1, 0.15) is 12.4 Å². The van der Waals surface area contributed by atoms with E-state index in [1.54, 1.807) is 55.6 Å². The van der Waals surface area contributed by atoms with Gasteiger partial charge < -0.3 is 25.8 Å². The minimum Gasteiger partial charge on any atom is -0.491 e. The fourth-order valence-corrected chi connectivity index (χ4v) is 2.21. The first kappa shape index (κ1) is 22.4. The first-order valence-electron chi connectivity index (χ1n) is 8.26. The maximum atomic E-state index is 12.5. The van der Waals surface area contributed by atoms with Gasteiger partial charge >= 0.3 is 0 Å². The smallest absolute Gasteiger partial charge is 0.255 e. The number of amides is 2. The largest absolute Gasteiger partial charge is 0.491 e. The van der Waals surface area contributed by atoms with Crippen molar-refractivity contribution in [3.8, 4) is 5.75 Å². The van der Waals surface area contributed by atoms with Gasteiger partial charge in [0, 0.05) is 25.8 Å². The van der Waals surface area contributed by atoms with Gasteiger partial charge in [0.15, 0.2) is 0 Å². The van der Waals surface area contributed by atoms with Gasteiger partial charge in [-0.15, -0.1) is 12.4 Å². The molecule has 0 aliphatic carbocycles. The molecule has 0 spiro atoms. The number of ether oxygens (including phenoxy) is 2. The van der Waals surface area contributed by atoms with Crippen molar-refractivity contribution >= 4 is 29.9 Å². The Bertz CT molecular complexity index is 738. The first-order chi connectivity index (χ1) is 12.7. The second kappa shape index (κ2) is 11.9. The molecule has 0 radical (unpaired) electrons. The van der Waals surface area contributed by atoms with Gasteiger partial charge in [-0.25, -0.2) is 0 Å². The lowest BCUT2D eigenvalue weighted by Gasteiger charge is -2.11. The Morgan fingerprint density at radius 1 is 1.00 bits per heavy atom. The Balaban J connectivity index is 0.00000364. The van der Waals surface area contributed by atoms with Gasteiger partial charge in [0.2, 0.25) is 0 Å². The van der Waals surface area contributed by atoms with Crippen molar-refractivity contribution in [1.82, 2.24) is 5.32 Å². The van der Waals surface area contributed by atoms with Crippen molar-refractivity contribution < 1.29 is 19.1 Å². The summed E-state index contributed by atoms with van der Waals surface area (Å²) >= 11 is 0. The lowest BCUT2D eigenvalue weighted by Crippen LogP contribution is -2.30. The van der Waals surface area contributed by atoms with Crippen LogP contribution in [0.15, 0.2) is 48.5 Å². The maximum Gasteiger partial charge on any atom is 0.255 e. The number of nitrogens with two attached hydrogens (primary N) is 1. The molecule has 2 aromatic carbocycles. The molecule has 0 atom stereocenters. The maximum absolute atomic E-state index is 12.5. The zero-order chi connectivity index (χ0) is 18.8. The van der Waals surface area contributed by atoms with E-state index in [2.05, 4.69) is 10.6 Å². The number of anilines is 1. The molecule has 146 valence electrons. The predicted octanol–water partition coefficient (Wildman–Crippen LogP) is 2.07.